The molecule has 2 heteroatoms. The smallest absolute Gasteiger partial charge is 0.242 e. The fourth-order valence-electron chi connectivity index (χ4n) is 0.856. The number of hydrogen-bond acceptors (Lipinski definition) is 1. The van der Waals surface area contributed by atoms with Crippen molar-refractivity contribution in [2.24, 2.45) is 0 Å². The van der Waals surface area contributed by atoms with Crippen LogP contribution >= 0.6 is 0 Å². The summed E-state index contributed by atoms with van der Waals surface area (Å²) in [5.41, 5.74) is 0.477. The predicted octanol–water partition coefficient (Wildman–Crippen LogP) is 1.05. The molecular weight excluding hydrogens is 104 g/mol. The first-order valence-corrected chi connectivity index (χ1v) is 2.71. The molecule has 2 nitrogen and oxygen atoms in total. The van der Waals surface area contributed by atoms with Gasteiger partial charge >= 0.3 is 5.97 Å². The van der Waals surface area contributed by atoms with Crippen molar-refractivity contribution in [1.82, 2.24) is 0 Å². The molecule has 0 unspecified atom stereocenters. The summed E-state index contributed by atoms with van der Waals surface area (Å²) in [7, 11) is 0. The van der Waals surface area contributed by atoms with Crippen LogP contribution in [0.3, 0.4) is 0 Å². The van der Waals surface area contributed by atoms with E-state index in [0.29, 0.717) is 12.0 Å². The molecule has 43 valence electrons. The molecule has 8 heavy (non-hydrogen) atoms. The van der Waals surface area contributed by atoms with E-state index in [4.69, 9.17) is 0 Å². The molecule has 0 saturated carbocycles. The van der Waals surface area contributed by atoms with Gasteiger partial charge in [-0.3, -0.25) is 0 Å². The van der Waals surface area contributed by atoms with E-state index in [1.807, 2.05) is 0 Å². The van der Waals surface area contributed by atoms with Crippen molar-refractivity contribution in [2.75, 3.05) is 0 Å². The Morgan fingerprint density at radius 3 is 2.62 bits per heavy atom. The highest BCUT2D eigenvalue weighted by molar-refractivity contribution is 5.86. The minimum absolute atomic E-state index is 0.477. The summed E-state index contributed by atoms with van der Waals surface area (Å²) in [6.07, 6.45) is 4.31. The molecule has 0 N–H and O–H groups in total. The van der Waals surface area contributed by atoms with Crippen LogP contribution in [0.2, 0.25) is 0 Å². The van der Waals surface area contributed by atoms with Gasteiger partial charge in [-0.25, -0.2) is 9.90 Å². The second-order valence-corrected chi connectivity index (χ2v) is 1.91. The summed E-state index contributed by atoms with van der Waals surface area (Å²) in [6, 6.07) is 0. The third-order valence-electron chi connectivity index (χ3n) is 1.30. The highest BCUT2D eigenvalue weighted by atomic mass is 16.4. The van der Waals surface area contributed by atoms with Crippen LogP contribution < -0.4 is 0 Å². The molecular formula is C6H7O2. The monoisotopic (exact) mass is 111 g/mol. The average Bonchev–Trinajstić information content (AvgIpc) is 2.12. The SMILES string of the molecule is [O]C(=O)C1=CCCC1. The molecule has 0 saturated heterocycles. The fourth-order valence-corrected chi connectivity index (χ4v) is 0.856. The molecule has 0 aromatic heterocycles. The van der Waals surface area contributed by atoms with E-state index in [2.05, 4.69) is 0 Å². The molecule has 0 aromatic rings. The number of rotatable bonds is 1. The van der Waals surface area contributed by atoms with E-state index in [9.17, 15) is 9.90 Å². The van der Waals surface area contributed by atoms with Crippen molar-refractivity contribution in [2.45, 2.75) is 19.3 Å². The molecule has 0 aromatic carbocycles. The standard InChI is InChI=1S/C6H7O2/c7-6(8)5-3-1-2-4-5/h3H,1-2,4H2. The highest BCUT2D eigenvalue weighted by Gasteiger charge is 2.12. The zero-order valence-electron chi connectivity index (χ0n) is 4.52. The van der Waals surface area contributed by atoms with Crippen LogP contribution in [0.1, 0.15) is 19.3 Å². The molecule has 0 heterocycles. The molecule has 0 atom stereocenters. The first-order chi connectivity index (χ1) is 3.80. The highest BCUT2D eigenvalue weighted by Crippen LogP contribution is 2.16. The second kappa shape index (κ2) is 1.99. The predicted molar refractivity (Wildman–Crippen MR) is 27.6 cm³/mol. The third-order valence-corrected chi connectivity index (χ3v) is 1.30. The van der Waals surface area contributed by atoms with Crippen LogP contribution in [0.4, 0.5) is 0 Å². The van der Waals surface area contributed by atoms with E-state index in [-0.39, 0.29) is 0 Å². The minimum Gasteiger partial charge on any atom is -0.242 e. The second-order valence-electron chi connectivity index (χ2n) is 1.91. The summed E-state index contributed by atoms with van der Waals surface area (Å²) in [5.74, 6) is -0.998. The van der Waals surface area contributed by atoms with Crippen molar-refractivity contribution in [3.63, 3.8) is 0 Å². The van der Waals surface area contributed by atoms with Gasteiger partial charge in [0.2, 0.25) is 0 Å². The summed E-state index contributed by atoms with van der Waals surface area (Å²) in [5, 5.41) is 10.0. The van der Waals surface area contributed by atoms with Gasteiger partial charge in [0.1, 0.15) is 0 Å². The minimum atomic E-state index is -0.998. The van der Waals surface area contributed by atoms with E-state index in [0.717, 1.165) is 12.8 Å². The molecule has 0 fully saturated rings. The molecule has 0 spiro atoms. The number of carbonyl (C=O) groups is 1. The zero-order valence-corrected chi connectivity index (χ0v) is 4.52. The largest absolute Gasteiger partial charge is 0.382 e. The fraction of sp³-hybridized carbons (Fsp3) is 0.500. The quantitative estimate of drug-likeness (QED) is 0.498. The maximum absolute atomic E-state index is 10.0. The number of carbonyl (C=O) groups excluding carboxylic acids is 1. The van der Waals surface area contributed by atoms with Crippen molar-refractivity contribution in [3.8, 4) is 0 Å². The van der Waals surface area contributed by atoms with Gasteiger partial charge < -0.3 is 0 Å². The lowest BCUT2D eigenvalue weighted by Gasteiger charge is -1.83. The lowest BCUT2D eigenvalue weighted by Crippen LogP contribution is -1.93. The van der Waals surface area contributed by atoms with Crippen LogP contribution in [0, 0.1) is 0 Å². The van der Waals surface area contributed by atoms with Gasteiger partial charge in [-0.2, -0.15) is 0 Å². The van der Waals surface area contributed by atoms with Gasteiger partial charge in [0.05, 0.1) is 0 Å². The molecule has 1 aliphatic carbocycles. The van der Waals surface area contributed by atoms with Gasteiger partial charge in [-0.15, -0.1) is 0 Å². The Hall–Kier alpha value is -0.790. The van der Waals surface area contributed by atoms with Gasteiger partial charge in [-0.1, -0.05) is 6.08 Å². The lowest BCUT2D eigenvalue weighted by molar-refractivity contribution is -0.138. The summed E-state index contributed by atoms with van der Waals surface area (Å²) in [6.45, 7) is 0. The van der Waals surface area contributed by atoms with Gasteiger partial charge in [-0.05, 0) is 19.3 Å². The van der Waals surface area contributed by atoms with E-state index in [1.54, 1.807) is 6.08 Å². The Morgan fingerprint density at radius 2 is 2.38 bits per heavy atom. The van der Waals surface area contributed by atoms with Gasteiger partial charge in [0.15, 0.2) is 0 Å². The maximum Gasteiger partial charge on any atom is 0.382 e. The molecule has 0 amide bonds. The Kier molecular flexibility index (Phi) is 1.33. The van der Waals surface area contributed by atoms with E-state index in [1.165, 1.54) is 0 Å². The molecule has 1 radical (unpaired) electrons. The lowest BCUT2D eigenvalue weighted by atomic mass is 10.2. The Morgan fingerprint density at radius 1 is 1.62 bits per heavy atom. The normalized spacial score (nSPS) is 18.2. The van der Waals surface area contributed by atoms with Crippen molar-refractivity contribution >= 4 is 5.97 Å². The van der Waals surface area contributed by atoms with E-state index < -0.39 is 5.97 Å². The van der Waals surface area contributed by atoms with Crippen molar-refractivity contribution < 1.29 is 9.90 Å². The van der Waals surface area contributed by atoms with Crippen LogP contribution in [0.15, 0.2) is 11.6 Å². The molecule has 0 aliphatic heterocycles. The first kappa shape index (κ1) is 5.35. The third kappa shape index (κ3) is 0.886. The summed E-state index contributed by atoms with van der Waals surface area (Å²) < 4.78 is 0. The Balaban J connectivity index is 2.57. The van der Waals surface area contributed by atoms with Gasteiger partial charge in [0.25, 0.3) is 0 Å². The number of hydrogen-bond donors (Lipinski definition) is 0. The van der Waals surface area contributed by atoms with Crippen molar-refractivity contribution in [1.29, 1.82) is 0 Å². The Labute approximate surface area is 47.8 Å². The Bertz CT molecular complexity index is 135. The topological polar surface area (TPSA) is 37.0 Å². The van der Waals surface area contributed by atoms with E-state index >= 15 is 0 Å². The molecule has 0 bridgehead atoms. The summed E-state index contributed by atoms with van der Waals surface area (Å²) in [4.78, 5) is 10.0. The van der Waals surface area contributed by atoms with Crippen molar-refractivity contribution in [3.05, 3.63) is 11.6 Å². The van der Waals surface area contributed by atoms with Crippen LogP contribution in [-0.2, 0) is 9.90 Å². The zero-order chi connectivity index (χ0) is 5.98. The van der Waals surface area contributed by atoms with Crippen LogP contribution in [-0.4, -0.2) is 5.97 Å². The maximum atomic E-state index is 10.0. The van der Waals surface area contributed by atoms with Gasteiger partial charge in [0, 0.05) is 5.57 Å². The molecule has 1 aliphatic rings. The molecule has 1 rings (SSSR count). The van der Waals surface area contributed by atoms with Crippen LogP contribution in [0.5, 0.6) is 0 Å². The average molecular weight is 111 g/mol. The summed E-state index contributed by atoms with van der Waals surface area (Å²) >= 11 is 0. The number of allylic oxidation sites excluding steroid dienone is 1. The first-order valence-electron chi connectivity index (χ1n) is 2.71. The van der Waals surface area contributed by atoms with Crippen LogP contribution in [0.25, 0.3) is 0 Å².